The van der Waals surface area contributed by atoms with E-state index in [1.165, 1.54) is 40.6 Å². The number of piperidine rings is 1. The van der Waals surface area contributed by atoms with Gasteiger partial charge in [0.05, 0.1) is 35.9 Å². The van der Waals surface area contributed by atoms with Gasteiger partial charge in [0.25, 0.3) is 25.8 Å². The monoisotopic (exact) mass is 1550 g/mol. The number of likely N-dealkylation sites (N-methyl/N-ethyl adjacent to an activating group) is 1. The highest BCUT2D eigenvalue weighted by Crippen LogP contribution is 2.47. The van der Waals surface area contributed by atoms with Gasteiger partial charge >= 0.3 is 5.51 Å². The number of benzene rings is 5. The van der Waals surface area contributed by atoms with E-state index >= 15 is 0 Å². The first kappa shape index (κ1) is 80.8. The van der Waals surface area contributed by atoms with Crippen LogP contribution in [0, 0.1) is 16.7 Å². The van der Waals surface area contributed by atoms with E-state index in [0.717, 1.165) is 130 Å². The van der Waals surface area contributed by atoms with Crippen molar-refractivity contribution in [1.29, 1.82) is 0 Å². The number of hydrogen-bond acceptors (Lipinski definition) is 16. The molecule has 4 heterocycles. The zero-order valence-electron chi connectivity index (χ0n) is 62.1. The number of nitrogens with one attached hydrogen (secondary N) is 5. The zero-order chi connectivity index (χ0) is 76.4. The predicted molar refractivity (Wildman–Crippen MR) is 411 cm³/mol. The number of halogens is 4. The van der Waals surface area contributed by atoms with Gasteiger partial charge in [0.2, 0.25) is 23.6 Å². The number of unbranched alkanes of at least 4 members (excludes halogenated alkanes) is 3. The molecule has 5 aromatic rings. The van der Waals surface area contributed by atoms with Gasteiger partial charge in [-0.05, 0) is 215 Å². The van der Waals surface area contributed by atoms with E-state index in [1.807, 2.05) is 84.1 Å². The lowest BCUT2D eigenvalue weighted by atomic mass is 9.70. The van der Waals surface area contributed by atoms with Crippen molar-refractivity contribution in [2.45, 2.75) is 200 Å². The van der Waals surface area contributed by atoms with Crippen LogP contribution in [0.3, 0.4) is 0 Å². The molecule has 5 amide bonds. The SMILES string of the molecule is CN[C@@H](C)C(=O)N[C@H]1CCO[C@H]2CC(C)(C)[C@@H](C(=O)N[C@@H]3CCCc4cc(OCCCCCCC(=O)N5CCN(CC[C@H](CSc6ccccc6)Nc6ccc(S(=O)(=O)NC(=O)c7ccc(N8CCC(CC9=C(c%10ccc(Cl)cc%10)CCC(C)(C)C9)CC8)cc7)cc6S(=O)(=O)C(F)(F)F)CC5)ccc43)N2C1=O. The number of allylic oxidation sites excluding steroid dienone is 2. The van der Waals surface area contributed by atoms with Gasteiger partial charge in [-0.15, -0.1) is 11.8 Å². The van der Waals surface area contributed by atoms with Crippen molar-refractivity contribution in [2.75, 3.05) is 82.0 Å². The van der Waals surface area contributed by atoms with Gasteiger partial charge in [-0.1, -0.05) is 94.1 Å². The van der Waals surface area contributed by atoms with E-state index < -0.39 is 82.6 Å². The third-order valence-electron chi connectivity index (χ3n) is 22.2. The predicted octanol–water partition coefficient (Wildman–Crippen LogP) is 13.1. The molecule has 0 radical (unpaired) electrons. The van der Waals surface area contributed by atoms with Crippen molar-refractivity contribution in [2.24, 2.45) is 16.7 Å². The molecule has 27 heteroatoms. The number of ether oxygens (including phenoxy) is 2. The van der Waals surface area contributed by atoms with Crippen LogP contribution >= 0.6 is 23.4 Å². The van der Waals surface area contributed by atoms with Crippen LogP contribution in [0.25, 0.3) is 5.57 Å². The normalized spacial score (nSPS) is 21.4. The van der Waals surface area contributed by atoms with E-state index in [2.05, 4.69) is 57.0 Å². The summed E-state index contributed by atoms with van der Waals surface area (Å²) in [5.41, 5.74) is 0.474. The number of carbonyl (C=O) groups excluding carboxylic acids is 5. The first-order valence-corrected chi connectivity index (χ1v) is 42.0. The van der Waals surface area contributed by atoms with Gasteiger partial charge < -0.3 is 45.4 Å². The Labute approximate surface area is 637 Å². The highest BCUT2D eigenvalue weighted by molar-refractivity contribution is 7.99. The fraction of sp³-hybridized carbons (Fsp3) is 0.537. The Morgan fingerprint density at radius 2 is 1.51 bits per heavy atom. The van der Waals surface area contributed by atoms with Gasteiger partial charge in [-0.3, -0.25) is 28.9 Å². The van der Waals surface area contributed by atoms with Gasteiger partial charge in [0.1, 0.15) is 29.0 Å². The van der Waals surface area contributed by atoms with Gasteiger partial charge in [0.15, 0.2) is 0 Å². The molecular weight excluding hydrogens is 1450 g/mol. The largest absolute Gasteiger partial charge is 0.501 e. The Balaban J connectivity index is 0.630. The molecule has 20 nitrogen and oxygen atoms in total. The highest BCUT2D eigenvalue weighted by atomic mass is 35.5. The van der Waals surface area contributed by atoms with Crippen LogP contribution in [-0.4, -0.2) is 169 Å². The molecule has 0 aromatic heterocycles. The standard InChI is InChI=1S/C80H103ClF3N9O11S3/c1-53(85-6)74(95)88-69-36-46-104-72-51-79(4,5)73(93(72)77(69)98)76(97)87-67-18-14-15-57-48-62(28-30-66(57)67)103-45-13-8-7-12-19-71(94)92-43-41-90(42-44-92)38-35-60(52-105-63-16-10-9-11-17-63)86-68-31-29-64(49-70(68)106(99,100)80(82,83)84)107(101,102)89-75(96)56-22-26-61(27-23-56)91-39-33-54(34-40-91)47-58-50-78(2,3)37-32-65(58)55-20-24-59(81)25-21-55/h9-11,16-17,20-31,48-49,53-54,60,67,69,72-73,85-86H,7-8,12-15,18-19,32-47,50-52H2,1-6H3,(H,87,97)(H,88,95)(H,89,96)/t53-,60+,67+,69-,72-,73+/m0/s1. The maximum Gasteiger partial charge on any atom is 0.501 e. The summed E-state index contributed by atoms with van der Waals surface area (Å²) in [4.78, 5) is 74.8. The molecule has 4 fully saturated rings. The Kier molecular flexibility index (Phi) is 26.6. The summed E-state index contributed by atoms with van der Waals surface area (Å²) in [5, 5.41) is 12.8. The maximum atomic E-state index is 14.6. The topological polar surface area (TPSA) is 245 Å². The Hall–Kier alpha value is -7.20. The van der Waals surface area contributed by atoms with Crippen LogP contribution < -0.4 is 35.6 Å². The van der Waals surface area contributed by atoms with Crippen molar-refractivity contribution in [3.63, 3.8) is 0 Å². The number of anilines is 2. The molecule has 0 spiro atoms. The van der Waals surface area contributed by atoms with E-state index in [9.17, 15) is 54.0 Å². The average molecular weight is 1560 g/mol. The smallest absolute Gasteiger partial charge is 0.494 e. The second kappa shape index (κ2) is 35.2. The fourth-order valence-electron chi connectivity index (χ4n) is 15.9. The van der Waals surface area contributed by atoms with Crippen LogP contribution in [0.1, 0.15) is 170 Å². The molecule has 580 valence electrons. The molecule has 5 aromatic carbocycles. The number of amides is 5. The fourth-order valence-corrected chi connectivity index (χ4v) is 19.0. The summed E-state index contributed by atoms with van der Waals surface area (Å²) in [5.74, 6) is -0.345. The minimum Gasteiger partial charge on any atom is -0.494 e. The third-order valence-corrected chi connectivity index (χ3v) is 26.4. The molecule has 4 aliphatic heterocycles. The highest BCUT2D eigenvalue weighted by Gasteiger charge is 2.55. The first-order chi connectivity index (χ1) is 50.9. The average Bonchev–Trinajstić information content (AvgIpc) is 1.71. The summed E-state index contributed by atoms with van der Waals surface area (Å²) < 4.78 is 113. The number of nitrogens with zero attached hydrogens (tertiary/aromatic N) is 4. The van der Waals surface area contributed by atoms with Crippen molar-refractivity contribution in [1.82, 2.24) is 35.4 Å². The molecule has 6 atom stereocenters. The summed E-state index contributed by atoms with van der Waals surface area (Å²) in [6.07, 6.45) is 12.7. The molecule has 0 bridgehead atoms. The lowest BCUT2D eigenvalue weighted by Crippen LogP contribution is -2.58. The number of alkyl halides is 3. The molecule has 0 saturated carbocycles. The molecule has 6 aliphatic rings. The lowest BCUT2D eigenvalue weighted by molar-refractivity contribution is -0.150. The number of hydrogen-bond donors (Lipinski definition) is 5. The zero-order valence-corrected chi connectivity index (χ0v) is 65.3. The number of rotatable bonds is 29. The number of carbonyl (C=O) groups is 5. The Morgan fingerprint density at radius 1 is 0.794 bits per heavy atom. The summed E-state index contributed by atoms with van der Waals surface area (Å²) in [6, 6.07) is 29.3. The van der Waals surface area contributed by atoms with Gasteiger partial charge in [-0.2, -0.15) is 13.2 Å². The van der Waals surface area contributed by atoms with E-state index in [4.69, 9.17) is 21.1 Å². The third kappa shape index (κ3) is 20.4. The van der Waals surface area contributed by atoms with Crippen LogP contribution in [0.2, 0.25) is 5.02 Å². The molecule has 0 unspecified atom stereocenters. The maximum absolute atomic E-state index is 14.6. The number of sulfonamides is 1. The molecule has 107 heavy (non-hydrogen) atoms. The molecule has 5 N–H and O–H groups in total. The number of sulfone groups is 1. The van der Waals surface area contributed by atoms with E-state index in [-0.39, 0.29) is 47.3 Å². The minimum absolute atomic E-state index is 0.0195. The molecular formula is C80H103ClF3N9O11S3. The van der Waals surface area contributed by atoms with E-state index in [0.29, 0.717) is 94.2 Å². The number of thioether (sulfide) groups is 1. The Morgan fingerprint density at radius 3 is 2.22 bits per heavy atom. The minimum atomic E-state index is -6.16. The van der Waals surface area contributed by atoms with Gasteiger partial charge in [-0.25, -0.2) is 21.6 Å². The summed E-state index contributed by atoms with van der Waals surface area (Å²) in [7, 11) is -9.41. The number of aryl methyl sites for hydroxylation is 1. The quantitative estimate of drug-likeness (QED) is 0.0221. The van der Waals surface area contributed by atoms with Crippen molar-refractivity contribution in [3.8, 4) is 5.75 Å². The summed E-state index contributed by atoms with van der Waals surface area (Å²) in [6.45, 7) is 15.1. The van der Waals surface area contributed by atoms with Crippen LogP contribution in [0.15, 0.2) is 136 Å². The van der Waals surface area contributed by atoms with Crippen LogP contribution in [0.4, 0.5) is 24.5 Å². The summed E-state index contributed by atoms with van der Waals surface area (Å²) >= 11 is 7.66. The van der Waals surface area contributed by atoms with Crippen LogP contribution in [0.5, 0.6) is 5.75 Å². The number of fused-ring (bicyclic) bond motifs is 2. The van der Waals surface area contributed by atoms with Crippen molar-refractivity contribution < 1.29 is 63.5 Å². The lowest BCUT2D eigenvalue weighted by Gasteiger charge is -2.38. The van der Waals surface area contributed by atoms with E-state index in [1.54, 1.807) is 31.0 Å². The van der Waals surface area contributed by atoms with Crippen molar-refractivity contribution in [3.05, 3.63) is 148 Å². The second-order valence-electron chi connectivity index (χ2n) is 31.0. The number of piperazine rings is 1. The Bertz CT molecular complexity index is 4230. The molecule has 2 aliphatic carbocycles. The van der Waals surface area contributed by atoms with Gasteiger partial charge in [0, 0.05) is 91.6 Å². The first-order valence-electron chi connectivity index (χ1n) is 37.7. The van der Waals surface area contributed by atoms with Crippen molar-refractivity contribution >= 4 is 89.7 Å². The molecule has 11 rings (SSSR count). The second-order valence-corrected chi connectivity index (χ2v) is 36.1. The van der Waals surface area contributed by atoms with Crippen LogP contribution in [-0.2, 0) is 50.2 Å². The molecule has 4 saturated heterocycles.